The molecule has 0 aliphatic rings. The largest absolute Gasteiger partial charge is 0.495 e. The third-order valence-corrected chi connectivity index (χ3v) is 7.35. The first-order valence-corrected chi connectivity index (χ1v) is 14.8. The van der Waals surface area contributed by atoms with Gasteiger partial charge in [-0.15, -0.1) is 0 Å². The van der Waals surface area contributed by atoms with E-state index in [4.69, 9.17) is 14.2 Å². The van der Waals surface area contributed by atoms with Gasteiger partial charge in [0.25, 0.3) is 5.91 Å². The van der Waals surface area contributed by atoms with E-state index in [9.17, 15) is 14.4 Å². The summed E-state index contributed by atoms with van der Waals surface area (Å²) >= 11 is 1.08. The summed E-state index contributed by atoms with van der Waals surface area (Å²) in [5.41, 5.74) is 2.95. The molecule has 10 nitrogen and oxygen atoms in total. The first kappa shape index (κ1) is 32.0. The number of benzene rings is 3. The number of methoxy groups -OCH3 is 1. The van der Waals surface area contributed by atoms with Crippen LogP contribution < -0.4 is 20.3 Å². The highest BCUT2D eigenvalue weighted by atomic mass is 32.1. The van der Waals surface area contributed by atoms with Crippen LogP contribution >= 0.6 is 11.3 Å². The van der Waals surface area contributed by atoms with Crippen molar-refractivity contribution < 1.29 is 28.6 Å². The number of aryl methyl sites for hydroxylation is 1. The lowest BCUT2D eigenvalue weighted by Crippen LogP contribution is -2.32. The van der Waals surface area contributed by atoms with Gasteiger partial charge in [-0.2, -0.15) is 0 Å². The molecule has 0 fully saturated rings. The maximum absolute atomic E-state index is 13.4. The Hall–Kier alpha value is -4.90. The van der Waals surface area contributed by atoms with Crippen LogP contribution in [0, 0.1) is 6.92 Å². The second kappa shape index (κ2) is 14.5. The van der Waals surface area contributed by atoms with E-state index in [1.54, 1.807) is 31.2 Å². The molecule has 1 aromatic heterocycles. The summed E-state index contributed by atoms with van der Waals surface area (Å²) in [6.07, 6.45) is -1.14. The lowest BCUT2D eigenvalue weighted by molar-refractivity contribution is 0.0523. The van der Waals surface area contributed by atoms with Crippen molar-refractivity contribution in [2.45, 2.75) is 53.0 Å². The zero-order chi connectivity index (χ0) is 31.7. The van der Waals surface area contributed by atoms with E-state index < -0.39 is 17.8 Å². The molecule has 2 N–H and O–H groups in total. The van der Waals surface area contributed by atoms with Gasteiger partial charge in [0.05, 0.1) is 18.5 Å². The van der Waals surface area contributed by atoms with Crippen molar-refractivity contribution >= 4 is 40.2 Å². The number of ether oxygens (including phenoxy) is 3. The van der Waals surface area contributed by atoms with Crippen LogP contribution in [-0.4, -0.2) is 35.8 Å². The minimum atomic E-state index is -0.652. The minimum absolute atomic E-state index is 0.0683. The predicted octanol–water partition coefficient (Wildman–Crippen LogP) is 6.89. The molecule has 230 valence electrons. The molecule has 4 rings (SSSR count). The smallest absolute Gasteiger partial charge is 0.421 e. The van der Waals surface area contributed by atoms with E-state index in [1.165, 1.54) is 12.0 Å². The van der Waals surface area contributed by atoms with E-state index in [2.05, 4.69) is 15.6 Å². The Kier molecular flexibility index (Phi) is 10.6. The second-order valence-corrected chi connectivity index (χ2v) is 11.8. The van der Waals surface area contributed by atoms with E-state index in [1.807, 2.05) is 75.4 Å². The number of nitrogens with one attached hydrogen (secondary N) is 2. The van der Waals surface area contributed by atoms with Crippen LogP contribution in [0.4, 0.5) is 20.4 Å². The van der Waals surface area contributed by atoms with Crippen molar-refractivity contribution in [2.75, 3.05) is 12.0 Å². The predicted molar refractivity (Wildman–Crippen MR) is 169 cm³/mol. The highest BCUT2D eigenvalue weighted by molar-refractivity contribution is 7.17. The number of carbonyl (C=O) groups is 3. The number of rotatable bonds is 10. The van der Waals surface area contributed by atoms with Gasteiger partial charge in [-0.1, -0.05) is 78.1 Å². The summed E-state index contributed by atoms with van der Waals surface area (Å²) < 4.78 is 16.4. The minimum Gasteiger partial charge on any atom is -0.495 e. The number of anilines is 2. The van der Waals surface area contributed by atoms with Crippen LogP contribution in [0.2, 0.25) is 0 Å². The quantitative estimate of drug-likeness (QED) is 0.199. The molecule has 0 aliphatic heterocycles. The summed E-state index contributed by atoms with van der Waals surface area (Å²) in [7, 11) is 1.52. The average molecular weight is 617 g/mol. The molecule has 0 atom stereocenters. The first-order valence-electron chi connectivity index (χ1n) is 14.0. The Bertz CT molecular complexity index is 1580. The van der Waals surface area contributed by atoms with Gasteiger partial charge in [-0.05, 0) is 56.5 Å². The van der Waals surface area contributed by atoms with Crippen LogP contribution in [-0.2, 0) is 29.2 Å². The number of para-hydroxylation sites is 2. The normalized spacial score (nSPS) is 10.9. The number of amides is 3. The fraction of sp³-hybridized carbons (Fsp3) is 0.273. The van der Waals surface area contributed by atoms with Gasteiger partial charge >= 0.3 is 12.2 Å². The van der Waals surface area contributed by atoms with Crippen molar-refractivity contribution in [2.24, 2.45) is 0 Å². The molecule has 0 bridgehead atoms. The summed E-state index contributed by atoms with van der Waals surface area (Å²) in [4.78, 5) is 44.8. The zero-order valence-electron chi connectivity index (χ0n) is 25.4. The molecule has 0 aliphatic carbocycles. The van der Waals surface area contributed by atoms with Crippen molar-refractivity contribution in [3.63, 3.8) is 0 Å². The van der Waals surface area contributed by atoms with Gasteiger partial charge in [0.15, 0.2) is 0 Å². The van der Waals surface area contributed by atoms with Crippen LogP contribution in [0.5, 0.6) is 5.75 Å². The van der Waals surface area contributed by atoms with Gasteiger partial charge in [-0.3, -0.25) is 4.79 Å². The maximum Gasteiger partial charge on any atom is 0.421 e. The third-order valence-electron chi connectivity index (χ3n) is 6.21. The number of hydrogen-bond acceptors (Lipinski definition) is 8. The lowest BCUT2D eigenvalue weighted by Gasteiger charge is -2.21. The molecule has 0 saturated carbocycles. The Morgan fingerprint density at radius 3 is 2.09 bits per heavy atom. The van der Waals surface area contributed by atoms with E-state index in [0.29, 0.717) is 28.6 Å². The van der Waals surface area contributed by atoms with E-state index >= 15 is 0 Å². The monoisotopic (exact) mass is 616 g/mol. The van der Waals surface area contributed by atoms with Gasteiger partial charge in [0, 0.05) is 13.1 Å². The highest BCUT2D eigenvalue weighted by Crippen LogP contribution is 2.37. The summed E-state index contributed by atoms with van der Waals surface area (Å²) in [6.45, 7) is 7.81. The summed E-state index contributed by atoms with van der Waals surface area (Å²) in [5.74, 6) is 0.132. The van der Waals surface area contributed by atoms with Crippen molar-refractivity contribution in [3.05, 3.63) is 106 Å². The van der Waals surface area contributed by atoms with Crippen molar-refractivity contribution in [3.8, 4) is 5.75 Å². The average Bonchev–Trinajstić information content (AvgIpc) is 3.39. The summed E-state index contributed by atoms with van der Waals surface area (Å²) in [5, 5.41) is 5.93. The number of thiazole rings is 1. The van der Waals surface area contributed by atoms with Gasteiger partial charge in [-0.25, -0.2) is 19.5 Å². The molecular formula is C33H36N4O6S. The Labute approximate surface area is 261 Å². The van der Waals surface area contributed by atoms with Gasteiger partial charge in [0.2, 0.25) is 5.13 Å². The topological polar surface area (TPSA) is 119 Å². The SMILES string of the molecule is COc1ccccc1N(C(=O)OCc1ccccc1)c1nc(C)c(C(=O)NCc2ccc(CNC(=O)OC(C)(C)C)cc2)s1. The van der Waals surface area contributed by atoms with E-state index in [-0.39, 0.29) is 24.2 Å². The molecule has 0 unspecified atom stereocenters. The van der Waals surface area contributed by atoms with Crippen LogP contribution in [0.15, 0.2) is 78.9 Å². The highest BCUT2D eigenvalue weighted by Gasteiger charge is 2.28. The molecule has 0 radical (unpaired) electrons. The van der Waals surface area contributed by atoms with Gasteiger partial charge < -0.3 is 24.8 Å². The van der Waals surface area contributed by atoms with E-state index in [0.717, 1.165) is 28.0 Å². The summed E-state index contributed by atoms with van der Waals surface area (Å²) in [6, 6.07) is 23.9. The lowest BCUT2D eigenvalue weighted by atomic mass is 10.1. The maximum atomic E-state index is 13.4. The van der Waals surface area contributed by atoms with Crippen molar-refractivity contribution in [1.29, 1.82) is 0 Å². The molecule has 0 spiro atoms. The number of hydrogen-bond donors (Lipinski definition) is 2. The third kappa shape index (κ3) is 8.81. The number of alkyl carbamates (subject to hydrolysis) is 1. The van der Waals surface area contributed by atoms with Crippen LogP contribution in [0.1, 0.15) is 52.8 Å². The number of aromatic nitrogens is 1. The molecule has 0 saturated heterocycles. The molecule has 11 heteroatoms. The number of carbonyl (C=O) groups excluding carboxylic acids is 3. The Morgan fingerprint density at radius 1 is 0.841 bits per heavy atom. The Morgan fingerprint density at radius 2 is 1.45 bits per heavy atom. The first-order chi connectivity index (χ1) is 21.0. The zero-order valence-corrected chi connectivity index (χ0v) is 26.2. The fourth-order valence-corrected chi connectivity index (χ4v) is 5.08. The molecule has 4 aromatic rings. The van der Waals surface area contributed by atoms with Crippen molar-refractivity contribution in [1.82, 2.24) is 15.6 Å². The van der Waals surface area contributed by atoms with Crippen LogP contribution in [0.3, 0.4) is 0 Å². The number of nitrogens with zero attached hydrogens (tertiary/aromatic N) is 2. The Balaban J connectivity index is 1.44. The molecule has 3 amide bonds. The van der Waals surface area contributed by atoms with Crippen LogP contribution in [0.25, 0.3) is 0 Å². The standard InChI is InChI=1S/C33H36N4O6S/c1-22-28(29(38)34-19-23-15-17-24(18-16-23)20-35-31(39)43-33(2,3)4)44-30(36-22)37(26-13-9-10-14-27(26)41-5)32(40)42-21-25-11-7-6-8-12-25/h6-18H,19-21H2,1-5H3,(H,34,38)(H,35,39). The second-order valence-electron chi connectivity index (χ2n) is 10.8. The molecule has 44 heavy (non-hydrogen) atoms. The molecule has 3 aromatic carbocycles. The molecular weight excluding hydrogens is 580 g/mol. The van der Waals surface area contributed by atoms with Gasteiger partial charge in [0.1, 0.15) is 22.8 Å². The molecule has 1 heterocycles. The fourth-order valence-electron chi connectivity index (χ4n) is 4.09.